The molecule has 0 unspecified atom stereocenters. The molecule has 0 aliphatic rings. The van der Waals surface area contributed by atoms with Crippen LogP contribution in [0.5, 0.6) is 11.5 Å². The normalized spacial score (nSPS) is 11.8. The molecule has 7 nitrogen and oxygen atoms in total. The predicted molar refractivity (Wildman–Crippen MR) is 121 cm³/mol. The number of hydrogen-bond donors (Lipinski definition) is 1. The number of aryl methyl sites for hydroxylation is 1. The summed E-state index contributed by atoms with van der Waals surface area (Å²) in [6, 6.07) is 12.2. The van der Waals surface area contributed by atoms with Gasteiger partial charge in [0, 0.05) is 24.7 Å². The van der Waals surface area contributed by atoms with Gasteiger partial charge in [-0.1, -0.05) is 18.2 Å². The van der Waals surface area contributed by atoms with Gasteiger partial charge in [-0.2, -0.15) is 0 Å². The van der Waals surface area contributed by atoms with E-state index in [1.807, 2.05) is 31.2 Å². The summed E-state index contributed by atoms with van der Waals surface area (Å²) in [4.78, 5) is 14.3. The third kappa shape index (κ3) is 6.97. The molecule has 0 aliphatic heterocycles. The molecule has 0 aliphatic carbocycles. The summed E-state index contributed by atoms with van der Waals surface area (Å²) in [5, 5.41) is 0. The van der Waals surface area contributed by atoms with E-state index in [4.69, 9.17) is 9.47 Å². The molecule has 0 spiro atoms. The predicted octanol–water partition coefficient (Wildman–Crippen LogP) is 3.62. The lowest BCUT2D eigenvalue weighted by molar-refractivity contribution is 0.0787. The van der Waals surface area contributed by atoms with Crippen LogP contribution in [-0.4, -0.2) is 52.1 Å². The van der Waals surface area contributed by atoms with Crippen molar-refractivity contribution in [1.82, 2.24) is 9.62 Å². The van der Waals surface area contributed by atoms with Crippen molar-refractivity contribution in [2.24, 2.45) is 0 Å². The van der Waals surface area contributed by atoms with Crippen molar-refractivity contribution < 1.29 is 22.7 Å². The van der Waals surface area contributed by atoms with Crippen LogP contribution in [0, 0.1) is 6.92 Å². The van der Waals surface area contributed by atoms with Crippen molar-refractivity contribution in [3.8, 4) is 11.5 Å². The number of hydrogen-bond acceptors (Lipinski definition) is 5. The average Bonchev–Trinajstić information content (AvgIpc) is 2.69. The highest BCUT2D eigenvalue weighted by Crippen LogP contribution is 2.26. The zero-order valence-electron chi connectivity index (χ0n) is 19.1. The number of nitrogens with one attached hydrogen (secondary N) is 1. The molecule has 31 heavy (non-hydrogen) atoms. The second-order valence-electron chi connectivity index (χ2n) is 8.42. The van der Waals surface area contributed by atoms with Gasteiger partial charge in [-0.3, -0.25) is 4.79 Å². The number of para-hydroxylation sites is 1. The Bertz CT molecular complexity index is 1010. The van der Waals surface area contributed by atoms with Crippen LogP contribution in [0.3, 0.4) is 0 Å². The second kappa shape index (κ2) is 10.2. The lowest BCUT2D eigenvalue weighted by Gasteiger charge is -2.22. The fourth-order valence-electron chi connectivity index (χ4n) is 3.00. The molecule has 0 atom stereocenters. The van der Waals surface area contributed by atoms with Crippen molar-refractivity contribution in [3.05, 3.63) is 53.6 Å². The van der Waals surface area contributed by atoms with E-state index >= 15 is 0 Å². The molecule has 0 saturated heterocycles. The van der Waals surface area contributed by atoms with Gasteiger partial charge in [0.05, 0.1) is 13.7 Å². The summed E-state index contributed by atoms with van der Waals surface area (Å²) in [6.45, 7) is 8.17. The first-order valence-electron chi connectivity index (χ1n) is 10.1. The summed E-state index contributed by atoms with van der Waals surface area (Å²) in [7, 11) is -0.785. The van der Waals surface area contributed by atoms with Gasteiger partial charge in [-0.15, -0.1) is 0 Å². The first-order chi connectivity index (χ1) is 14.4. The fraction of sp³-hybridized carbons (Fsp3) is 0.435. The van der Waals surface area contributed by atoms with Crippen LogP contribution in [0.1, 0.15) is 43.1 Å². The molecule has 0 saturated carbocycles. The topological polar surface area (TPSA) is 84.9 Å². The number of ether oxygens (including phenoxy) is 2. The maximum absolute atomic E-state index is 12.9. The van der Waals surface area contributed by atoms with Crippen LogP contribution < -0.4 is 14.2 Å². The monoisotopic (exact) mass is 448 g/mol. The lowest BCUT2D eigenvalue weighted by atomic mass is 10.1. The maximum atomic E-state index is 12.9. The highest BCUT2D eigenvalue weighted by atomic mass is 32.2. The Morgan fingerprint density at radius 1 is 1.10 bits per heavy atom. The molecule has 0 aromatic heterocycles. The van der Waals surface area contributed by atoms with Crippen LogP contribution in [0.15, 0.2) is 47.4 Å². The SMILES string of the molecule is COc1ccc(C(=O)N(C)CCCOc2ccccc2C)cc1S(=O)(=O)NC(C)(C)C. The van der Waals surface area contributed by atoms with Gasteiger partial charge in [0.15, 0.2) is 0 Å². The lowest BCUT2D eigenvalue weighted by Crippen LogP contribution is -2.40. The first-order valence-corrected chi connectivity index (χ1v) is 11.6. The van der Waals surface area contributed by atoms with Crippen molar-refractivity contribution >= 4 is 15.9 Å². The van der Waals surface area contributed by atoms with E-state index in [0.717, 1.165) is 11.3 Å². The summed E-state index contributed by atoms with van der Waals surface area (Å²) in [6.07, 6.45) is 0.642. The second-order valence-corrected chi connectivity index (χ2v) is 10.1. The molecule has 0 bridgehead atoms. The van der Waals surface area contributed by atoms with Crippen LogP contribution in [0.4, 0.5) is 0 Å². The zero-order valence-corrected chi connectivity index (χ0v) is 19.9. The van der Waals surface area contributed by atoms with Gasteiger partial charge in [-0.25, -0.2) is 13.1 Å². The Kier molecular flexibility index (Phi) is 8.08. The molecular weight excluding hydrogens is 416 g/mol. The zero-order chi connectivity index (χ0) is 23.2. The molecule has 0 heterocycles. The minimum atomic E-state index is -3.86. The van der Waals surface area contributed by atoms with E-state index in [9.17, 15) is 13.2 Å². The molecule has 1 amide bonds. The molecule has 0 radical (unpaired) electrons. The molecule has 1 N–H and O–H groups in total. The quantitative estimate of drug-likeness (QED) is 0.592. The van der Waals surface area contributed by atoms with Gasteiger partial charge in [-0.05, 0) is 63.9 Å². The van der Waals surface area contributed by atoms with E-state index < -0.39 is 15.6 Å². The summed E-state index contributed by atoms with van der Waals surface area (Å²) < 4.78 is 39.2. The standard InChI is InChI=1S/C23H32N2O5S/c1-17-10-7-8-11-19(17)30-15-9-14-25(5)22(26)18-12-13-20(29-6)21(16-18)31(27,28)24-23(2,3)4/h7-8,10-13,16,24H,9,14-15H2,1-6H3. The van der Waals surface area contributed by atoms with E-state index in [1.165, 1.54) is 19.2 Å². The van der Waals surface area contributed by atoms with E-state index in [2.05, 4.69) is 4.72 Å². The summed E-state index contributed by atoms with van der Waals surface area (Å²) in [5.74, 6) is 0.737. The van der Waals surface area contributed by atoms with Gasteiger partial charge >= 0.3 is 0 Å². The number of rotatable bonds is 9. The minimum Gasteiger partial charge on any atom is -0.495 e. The Labute approximate surface area is 185 Å². The van der Waals surface area contributed by atoms with Crippen molar-refractivity contribution in [3.63, 3.8) is 0 Å². The number of amides is 1. The molecule has 170 valence electrons. The van der Waals surface area contributed by atoms with Gasteiger partial charge in [0.2, 0.25) is 10.0 Å². The number of sulfonamides is 1. The van der Waals surface area contributed by atoms with Gasteiger partial charge in [0.1, 0.15) is 16.4 Å². The number of nitrogens with zero attached hydrogens (tertiary/aromatic N) is 1. The molecule has 0 fully saturated rings. The number of carbonyl (C=O) groups is 1. The Morgan fingerprint density at radius 3 is 2.39 bits per heavy atom. The maximum Gasteiger partial charge on any atom is 0.253 e. The van der Waals surface area contributed by atoms with E-state index in [0.29, 0.717) is 19.6 Å². The minimum absolute atomic E-state index is 0.0629. The molecule has 2 rings (SSSR count). The van der Waals surface area contributed by atoms with Gasteiger partial charge in [0.25, 0.3) is 5.91 Å². The fourth-order valence-corrected chi connectivity index (χ4v) is 4.62. The Balaban J connectivity index is 2.07. The largest absolute Gasteiger partial charge is 0.495 e. The van der Waals surface area contributed by atoms with Crippen molar-refractivity contribution in [2.75, 3.05) is 27.3 Å². The molecule has 8 heteroatoms. The summed E-state index contributed by atoms with van der Waals surface area (Å²) in [5.41, 5.74) is 0.665. The van der Waals surface area contributed by atoms with Crippen LogP contribution in [-0.2, 0) is 10.0 Å². The van der Waals surface area contributed by atoms with Gasteiger partial charge < -0.3 is 14.4 Å². The molecule has 2 aromatic carbocycles. The number of carbonyl (C=O) groups excluding carboxylic acids is 1. The van der Waals surface area contributed by atoms with Crippen molar-refractivity contribution in [1.29, 1.82) is 0 Å². The van der Waals surface area contributed by atoms with E-state index in [1.54, 1.807) is 38.8 Å². The Hall–Kier alpha value is -2.58. The van der Waals surface area contributed by atoms with Crippen LogP contribution in [0.25, 0.3) is 0 Å². The third-order valence-electron chi connectivity index (χ3n) is 4.48. The van der Waals surface area contributed by atoms with Crippen LogP contribution in [0.2, 0.25) is 0 Å². The molecule has 2 aromatic rings. The highest BCUT2D eigenvalue weighted by molar-refractivity contribution is 7.89. The first kappa shape index (κ1) is 24.7. The van der Waals surface area contributed by atoms with Crippen molar-refractivity contribution in [2.45, 2.75) is 44.6 Å². The third-order valence-corrected chi connectivity index (χ3v) is 6.26. The Morgan fingerprint density at radius 2 is 1.77 bits per heavy atom. The highest BCUT2D eigenvalue weighted by Gasteiger charge is 2.27. The smallest absolute Gasteiger partial charge is 0.253 e. The number of methoxy groups -OCH3 is 1. The number of benzene rings is 2. The average molecular weight is 449 g/mol. The van der Waals surface area contributed by atoms with E-state index in [-0.39, 0.29) is 22.1 Å². The molecular formula is C23H32N2O5S. The van der Waals surface area contributed by atoms with Crippen LogP contribution >= 0.6 is 0 Å². The summed E-state index contributed by atoms with van der Waals surface area (Å²) >= 11 is 0.